The molecule has 0 unspecified atom stereocenters. The lowest BCUT2D eigenvalue weighted by Gasteiger charge is -2.25. The van der Waals surface area contributed by atoms with Crippen molar-refractivity contribution in [2.75, 3.05) is 18.6 Å². The molecule has 0 saturated carbocycles. The molecule has 1 aromatic heterocycles. The number of primary amides is 1. The second-order valence-corrected chi connectivity index (χ2v) is 7.51. The van der Waals surface area contributed by atoms with Gasteiger partial charge in [-0.1, -0.05) is 0 Å². The van der Waals surface area contributed by atoms with Gasteiger partial charge in [-0.05, 0) is 30.3 Å². The van der Waals surface area contributed by atoms with Crippen LogP contribution in [-0.4, -0.2) is 30.5 Å². The third-order valence-corrected chi connectivity index (χ3v) is 5.02. The average Bonchev–Trinajstić information content (AvgIpc) is 2.82. The number of ether oxygens (including phenoxy) is 1. The maximum Gasteiger partial charge on any atom is 0.416 e. The number of aromatic nitrogens is 1. The van der Waals surface area contributed by atoms with Gasteiger partial charge in [-0.2, -0.15) is 26.3 Å². The first-order valence-electron chi connectivity index (χ1n) is 10.0. The lowest BCUT2D eigenvalue weighted by atomic mass is 10.0. The number of hydrogen-bond donors (Lipinski definition) is 1. The van der Waals surface area contributed by atoms with Crippen LogP contribution >= 0.6 is 0 Å². The van der Waals surface area contributed by atoms with Crippen LogP contribution in [0.4, 0.5) is 40.8 Å². The molecular weight excluding hydrogens is 518 g/mol. The summed E-state index contributed by atoms with van der Waals surface area (Å²) in [5.41, 5.74) is -0.0654. The van der Waals surface area contributed by atoms with Crippen molar-refractivity contribution in [2.24, 2.45) is 5.73 Å². The van der Waals surface area contributed by atoms with Crippen LogP contribution in [-0.2, 0) is 17.1 Å². The molecule has 6 nitrogen and oxygen atoms in total. The highest BCUT2D eigenvalue weighted by molar-refractivity contribution is 6.10. The maximum atomic E-state index is 14.0. The number of rotatable bonds is 6. The fourth-order valence-corrected chi connectivity index (χ4v) is 3.39. The Labute approximate surface area is 203 Å². The molecule has 196 valence electrons. The number of pyridine rings is 1. The number of alkyl halides is 6. The van der Waals surface area contributed by atoms with E-state index in [9.17, 15) is 44.7 Å². The van der Waals surface area contributed by atoms with Crippen molar-refractivity contribution in [3.8, 4) is 16.9 Å². The fourth-order valence-electron chi connectivity index (χ4n) is 3.39. The Balaban J connectivity index is 2.26. The molecule has 2 N–H and O–H groups in total. The number of carbonyl (C=O) groups is 2. The summed E-state index contributed by atoms with van der Waals surface area (Å²) in [6.45, 7) is -1.01. The van der Waals surface area contributed by atoms with Gasteiger partial charge in [0, 0.05) is 29.0 Å². The highest BCUT2D eigenvalue weighted by Gasteiger charge is 2.38. The van der Waals surface area contributed by atoms with Crippen LogP contribution < -0.4 is 15.4 Å². The molecule has 0 aliphatic carbocycles. The van der Waals surface area contributed by atoms with E-state index >= 15 is 0 Å². The van der Waals surface area contributed by atoms with E-state index in [0.29, 0.717) is 17.0 Å². The molecule has 0 atom stereocenters. The molecule has 2 aromatic carbocycles. The van der Waals surface area contributed by atoms with Crippen LogP contribution in [0.3, 0.4) is 0 Å². The van der Waals surface area contributed by atoms with Crippen LogP contribution in [0.1, 0.15) is 21.5 Å². The van der Waals surface area contributed by atoms with Gasteiger partial charge in [0.25, 0.3) is 5.91 Å². The Morgan fingerprint density at radius 2 is 1.49 bits per heavy atom. The standard InChI is InChI=1S/C23H15F8N3O3/c1-37-19-8-17(25)16(24)7-15(19)14-2-3-33-9-18(14)34(10-20(32)35)21(36)11-4-12(22(26,27)28)6-13(5-11)23(29,30)31/h2-9H,10H2,1H3,(H2,32,35). The molecule has 0 aliphatic rings. The smallest absolute Gasteiger partial charge is 0.416 e. The predicted molar refractivity (Wildman–Crippen MR) is 113 cm³/mol. The first-order chi connectivity index (χ1) is 17.1. The normalized spacial score (nSPS) is 11.8. The summed E-state index contributed by atoms with van der Waals surface area (Å²) in [5, 5.41) is 0. The number of nitrogens with two attached hydrogens (primary N) is 1. The van der Waals surface area contributed by atoms with E-state index in [-0.39, 0.29) is 40.8 Å². The van der Waals surface area contributed by atoms with Crippen molar-refractivity contribution in [3.05, 3.63) is 77.1 Å². The average molecular weight is 533 g/mol. The van der Waals surface area contributed by atoms with Gasteiger partial charge in [-0.15, -0.1) is 0 Å². The summed E-state index contributed by atoms with van der Waals surface area (Å²) in [4.78, 5) is 29.3. The summed E-state index contributed by atoms with van der Waals surface area (Å²) in [6.07, 6.45) is -8.40. The number of anilines is 1. The summed E-state index contributed by atoms with van der Waals surface area (Å²) >= 11 is 0. The van der Waals surface area contributed by atoms with E-state index in [0.717, 1.165) is 19.5 Å². The van der Waals surface area contributed by atoms with E-state index in [1.54, 1.807) is 0 Å². The Kier molecular flexibility index (Phi) is 7.41. The third-order valence-electron chi connectivity index (χ3n) is 5.02. The number of methoxy groups -OCH3 is 1. The Hall–Kier alpha value is -4.23. The molecule has 0 spiro atoms. The number of benzene rings is 2. The topological polar surface area (TPSA) is 85.5 Å². The van der Waals surface area contributed by atoms with Crippen LogP contribution in [0.5, 0.6) is 5.75 Å². The van der Waals surface area contributed by atoms with Crippen molar-refractivity contribution in [2.45, 2.75) is 12.4 Å². The van der Waals surface area contributed by atoms with Crippen molar-refractivity contribution in [3.63, 3.8) is 0 Å². The SMILES string of the molecule is COc1cc(F)c(F)cc1-c1ccncc1N(CC(N)=O)C(=O)c1cc(C(F)(F)F)cc(C(F)(F)F)c1. The second-order valence-electron chi connectivity index (χ2n) is 7.51. The molecule has 37 heavy (non-hydrogen) atoms. The first-order valence-corrected chi connectivity index (χ1v) is 10.0. The van der Waals surface area contributed by atoms with E-state index in [1.165, 1.54) is 6.07 Å². The van der Waals surface area contributed by atoms with Crippen molar-refractivity contribution in [1.29, 1.82) is 0 Å². The van der Waals surface area contributed by atoms with Gasteiger partial charge < -0.3 is 10.5 Å². The molecule has 14 heteroatoms. The van der Waals surface area contributed by atoms with E-state index < -0.39 is 59.0 Å². The van der Waals surface area contributed by atoms with Crippen molar-refractivity contribution >= 4 is 17.5 Å². The zero-order valence-corrected chi connectivity index (χ0v) is 18.5. The fraction of sp³-hybridized carbons (Fsp3) is 0.174. The molecule has 3 rings (SSSR count). The number of amides is 2. The quantitative estimate of drug-likeness (QED) is 0.442. The molecule has 1 heterocycles. The van der Waals surface area contributed by atoms with Crippen LogP contribution in [0.15, 0.2) is 48.8 Å². The van der Waals surface area contributed by atoms with Gasteiger partial charge in [0.2, 0.25) is 5.91 Å². The van der Waals surface area contributed by atoms with E-state index in [2.05, 4.69) is 4.98 Å². The molecule has 0 aliphatic heterocycles. The molecule has 2 amide bonds. The van der Waals surface area contributed by atoms with Crippen molar-refractivity contribution < 1.29 is 49.4 Å². The maximum absolute atomic E-state index is 14.0. The molecule has 0 saturated heterocycles. The lowest BCUT2D eigenvalue weighted by molar-refractivity contribution is -0.143. The summed E-state index contributed by atoms with van der Waals surface area (Å²) in [7, 11) is 1.12. The predicted octanol–water partition coefficient (Wildman–Crippen LogP) is 5.21. The molecule has 3 aromatic rings. The third kappa shape index (κ3) is 5.95. The molecular formula is C23H15F8N3O3. The van der Waals surface area contributed by atoms with Crippen molar-refractivity contribution in [1.82, 2.24) is 4.98 Å². The minimum atomic E-state index is -5.25. The molecule has 0 bridgehead atoms. The van der Waals surface area contributed by atoms with Gasteiger partial charge in [0.1, 0.15) is 12.3 Å². The molecule has 0 radical (unpaired) electrons. The Morgan fingerprint density at radius 3 is 2.00 bits per heavy atom. The number of hydrogen-bond acceptors (Lipinski definition) is 4. The van der Waals surface area contributed by atoms with Gasteiger partial charge in [0.15, 0.2) is 11.6 Å². The van der Waals surface area contributed by atoms with Crippen LogP contribution in [0, 0.1) is 11.6 Å². The highest BCUT2D eigenvalue weighted by Crippen LogP contribution is 2.40. The monoisotopic (exact) mass is 533 g/mol. The Morgan fingerprint density at radius 1 is 0.919 bits per heavy atom. The summed E-state index contributed by atoms with van der Waals surface area (Å²) in [5.74, 6) is -5.53. The zero-order valence-electron chi connectivity index (χ0n) is 18.5. The second kappa shape index (κ2) is 10.0. The van der Waals surface area contributed by atoms with Crippen LogP contribution in [0.2, 0.25) is 0 Å². The number of halogens is 8. The minimum absolute atomic E-state index is 0.122. The number of carbonyl (C=O) groups excluding carboxylic acids is 2. The van der Waals surface area contributed by atoms with Gasteiger partial charge in [-0.3, -0.25) is 19.5 Å². The van der Waals surface area contributed by atoms with Crippen LogP contribution in [0.25, 0.3) is 11.1 Å². The van der Waals surface area contributed by atoms with E-state index in [4.69, 9.17) is 10.5 Å². The van der Waals surface area contributed by atoms with Gasteiger partial charge >= 0.3 is 12.4 Å². The van der Waals surface area contributed by atoms with Gasteiger partial charge in [-0.25, -0.2) is 8.78 Å². The lowest BCUT2D eigenvalue weighted by Crippen LogP contribution is -2.39. The first kappa shape index (κ1) is 27.4. The molecule has 0 fully saturated rings. The zero-order chi connectivity index (χ0) is 27.7. The summed E-state index contributed by atoms with van der Waals surface area (Å²) < 4.78 is 113. The Bertz CT molecular complexity index is 1320. The minimum Gasteiger partial charge on any atom is -0.496 e. The highest BCUT2D eigenvalue weighted by atomic mass is 19.4. The van der Waals surface area contributed by atoms with E-state index in [1.807, 2.05) is 0 Å². The largest absolute Gasteiger partial charge is 0.496 e. The summed E-state index contributed by atoms with van der Waals surface area (Å²) in [6, 6.07) is 2.74. The number of nitrogens with zero attached hydrogens (tertiary/aromatic N) is 2. The van der Waals surface area contributed by atoms with Gasteiger partial charge in [0.05, 0.1) is 30.1 Å².